The molecule has 6 nitrogen and oxygen atoms in total. The maximum absolute atomic E-state index is 12.9. The zero-order valence-corrected chi connectivity index (χ0v) is 17.7. The van der Waals surface area contributed by atoms with Crippen molar-refractivity contribution in [3.05, 3.63) is 59.7 Å². The fourth-order valence-corrected chi connectivity index (χ4v) is 5.23. The summed E-state index contributed by atoms with van der Waals surface area (Å²) >= 11 is 0. The quantitative estimate of drug-likeness (QED) is 0.749. The number of hydrogen-bond donors (Lipinski definition) is 1. The Labute approximate surface area is 172 Å². The van der Waals surface area contributed by atoms with Gasteiger partial charge in [-0.15, -0.1) is 0 Å². The summed E-state index contributed by atoms with van der Waals surface area (Å²) in [4.78, 5) is 12.7. The number of carbonyl (C=O) groups excluding carboxylic acids is 1. The van der Waals surface area contributed by atoms with Crippen molar-refractivity contribution >= 4 is 21.6 Å². The predicted molar refractivity (Wildman–Crippen MR) is 114 cm³/mol. The van der Waals surface area contributed by atoms with Crippen LogP contribution < -0.4 is 10.1 Å². The zero-order chi connectivity index (χ0) is 20.9. The minimum Gasteiger partial charge on any atom is -0.494 e. The Morgan fingerprint density at radius 1 is 1.17 bits per heavy atom. The van der Waals surface area contributed by atoms with Crippen LogP contribution in [0.15, 0.2) is 48.5 Å². The van der Waals surface area contributed by atoms with Gasteiger partial charge in [0, 0.05) is 18.8 Å². The molecule has 7 heteroatoms. The van der Waals surface area contributed by atoms with Crippen molar-refractivity contribution in [2.45, 2.75) is 32.4 Å². The van der Waals surface area contributed by atoms with E-state index in [1.54, 1.807) is 24.3 Å². The third-order valence-corrected chi connectivity index (χ3v) is 6.97. The van der Waals surface area contributed by atoms with E-state index in [1.807, 2.05) is 38.1 Å². The second-order valence-corrected chi connectivity index (χ2v) is 9.30. The fourth-order valence-electron chi connectivity index (χ4n) is 3.51. The first kappa shape index (κ1) is 21.3. The van der Waals surface area contributed by atoms with E-state index in [4.69, 9.17) is 4.74 Å². The largest absolute Gasteiger partial charge is 0.494 e. The maximum atomic E-state index is 12.9. The van der Waals surface area contributed by atoms with Crippen LogP contribution in [-0.4, -0.2) is 38.3 Å². The van der Waals surface area contributed by atoms with Gasteiger partial charge in [-0.3, -0.25) is 4.79 Å². The molecule has 2 aromatic rings. The highest BCUT2D eigenvalue weighted by atomic mass is 32.2. The van der Waals surface area contributed by atoms with Crippen LogP contribution in [0.4, 0.5) is 5.69 Å². The molecule has 1 atom stereocenters. The van der Waals surface area contributed by atoms with E-state index in [2.05, 4.69) is 5.32 Å². The van der Waals surface area contributed by atoms with E-state index in [1.165, 1.54) is 4.31 Å². The summed E-state index contributed by atoms with van der Waals surface area (Å²) in [5, 5.41) is 2.90. The van der Waals surface area contributed by atoms with Crippen molar-refractivity contribution in [3.8, 4) is 5.75 Å². The molecule has 1 saturated heterocycles. The molecule has 0 aromatic heterocycles. The Kier molecular flexibility index (Phi) is 6.92. The van der Waals surface area contributed by atoms with E-state index in [0.717, 1.165) is 16.9 Å². The van der Waals surface area contributed by atoms with Crippen molar-refractivity contribution in [2.75, 3.05) is 25.0 Å². The van der Waals surface area contributed by atoms with E-state index >= 15 is 0 Å². The molecule has 156 valence electrons. The summed E-state index contributed by atoms with van der Waals surface area (Å²) in [6, 6.07) is 14.7. The van der Waals surface area contributed by atoms with Gasteiger partial charge in [-0.05, 0) is 62.1 Å². The molecule has 0 saturated carbocycles. The lowest BCUT2D eigenvalue weighted by molar-refractivity contribution is -0.120. The van der Waals surface area contributed by atoms with Crippen LogP contribution in [0.5, 0.6) is 5.75 Å². The summed E-state index contributed by atoms with van der Waals surface area (Å²) in [5.41, 5.74) is 2.43. The first-order chi connectivity index (χ1) is 13.9. The monoisotopic (exact) mass is 416 g/mol. The van der Waals surface area contributed by atoms with E-state index < -0.39 is 10.0 Å². The smallest absolute Gasteiger partial charge is 0.228 e. The fraction of sp³-hybridized carbons (Fsp3) is 0.409. The summed E-state index contributed by atoms with van der Waals surface area (Å²) in [6.45, 7) is 5.09. The second-order valence-electron chi connectivity index (χ2n) is 7.33. The number of anilines is 1. The molecule has 0 spiro atoms. The first-order valence-electron chi connectivity index (χ1n) is 9.95. The highest BCUT2D eigenvalue weighted by Crippen LogP contribution is 2.24. The minimum absolute atomic E-state index is 0.0348. The van der Waals surface area contributed by atoms with Crippen LogP contribution in [0.1, 0.15) is 30.9 Å². The minimum atomic E-state index is -3.47. The maximum Gasteiger partial charge on any atom is 0.228 e. The number of carbonyl (C=O) groups is 1. The number of nitrogens with one attached hydrogen (secondary N) is 1. The molecule has 1 aliphatic heterocycles. The van der Waals surface area contributed by atoms with Gasteiger partial charge in [0.2, 0.25) is 15.9 Å². The molecule has 1 aliphatic rings. The molecule has 1 fully saturated rings. The normalized spacial score (nSPS) is 17.7. The van der Waals surface area contributed by atoms with Gasteiger partial charge < -0.3 is 10.1 Å². The Morgan fingerprint density at radius 3 is 2.59 bits per heavy atom. The number of benzene rings is 2. The van der Waals surface area contributed by atoms with Gasteiger partial charge in [-0.1, -0.05) is 24.3 Å². The summed E-state index contributed by atoms with van der Waals surface area (Å²) in [5.74, 6) is 0.205. The number of ether oxygens (including phenoxy) is 1. The van der Waals surface area contributed by atoms with Crippen LogP contribution >= 0.6 is 0 Å². The molecule has 0 radical (unpaired) electrons. The molecule has 3 rings (SSSR count). The van der Waals surface area contributed by atoms with Crippen molar-refractivity contribution in [3.63, 3.8) is 0 Å². The summed E-state index contributed by atoms with van der Waals surface area (Å²) in [7, 11) is -3.47. The van der Waals surface area contributed by atoms with Gasteiger partial charge in [-0.2, -0.15) is 0 Å². The molecule has 1 heterocycles. The molecule has 0 unspecified atom stereocenters. The van der Waals surface area contributed by atoms with Gasteiger partial charge in [-0.25, -0.2) is 12.7 Å². The van der Waals surface area contributed by atoms with Gasteiger partial charge in [0.05, 0.1) is 18.3 Å². The van der Waals surface area contributed by atoms with Gasteiger partial charge in [0.1, 0.15) is 5.75 Å². The molecule has 29 heavy (non-hydrogen) atoms. The average molecular weight is 417 g/mol. The topological polar surface area (TPSA) is 75.7 Å². The molecular formula is C22H28N2O4S. The lowest BCUT2D eigenvalue weighted by atomic mass is 9.99. The van der Waals surface area contributed by atoms with Crippen molar-refractivity contribution in [2.24, 2.45) is 5.92 Å². The van der Waals surface area contributed by atoms with E-state index in [9.17, 15) is 13.2 Å². The molecule has 1 N–H and O–H groups in total. The van der Waals surface area contributed by atoms with Crippen LogP contribution in [0.25, 0.3) is 0 Å². The van der Waals surface area contributed by atoms with E-state index in [0.29, 0.717) is 31.7 Å². The highest BCUT2D eigenvalue weighted by molar-refractivity contribution is 7.88. The van der Waals surface area contributed by atoms with Crippen molar-refractivity contribution < 1.29 is 17.9 Å². The van der Waals surface area contributed by atoms with Crippen molar-refractivity contribution in [1.82, 2.24) is 4.31 Å². The van der Waals surface area contributed by atoms with Gasteiger partial charge in [0.15, 0.2) is 0 Å². The average Bonchev–Trinajstić information content (AvgIpc) is 2.71. The third-order valence-electron chi connectivity index (χ3n) is 5.18. The first-order valence-corrected chi connectivity index (χ1v) is 11.6. The Morgan fingerprint density at radius 2 is 1.90 bits per heavy atom. The molecular weight excluding hydrogens is 388 g/mol. The van der Waals surface area contributed by atoms with Crippen LogP contribution in [0.2, 0.25) is 0 Å². The summed E-state index contributed by atoms with van der Waals surface area (Å²) in [6.07, 6.45) is 1.35. The van der Waals surface area contributed by atoms with Crippen LogP contribution in [0, 0.1) is 12.8 Å². The van der Waals surface area contributed by atoms with Crippen LogP contribution in [0.3, 0.4) is 0 Å². The number of amides is 1. The SMILES string of the molecule is CCOc1ccc(NC(=O)[C@H]2CCCN(S(=O)(=O)Cc3ccccc3C)C2)cc1. The predicted octanol–water partition coefficient (Wildman–Crippen LogP) is 3.57. The van der Waals surface area contributed by atoms with E-state index in [-0.39, 0.29) is 24.1 Å². The van der Waals surface area contributed by atoms with Gasteiger partial charge in [0.25, 0.3) is 0 Å². The number of hydrogen-bond acceptors (Lipinski definition) is 4. The molecule has 0 bridgehead atoms. The molecule has 2 aromatic carbocycles. The third kappa shape index (κ3) is 5.58. The van der Waals surface area contributed by atoms with Crippen LogP contribution in [-0.2, 0) is 20.6 Å². The Bertz CT molecular complexity index is 942. The Balaban J connectivity index is 1.63. The lowest BCUT2D eigenvalue weighted by Gasteiger charge is -2.31. The number of piperidine rings is 1. The molecule has 1 amide bonds. The van der Waals surface area contributed by atoms with Crippen molar-refractivity contribution in [1.29, 1.82) is 0 Å². The zero-order valence-electron chi connectivity index (χ0n) is 16.9. The van der Waals surface area contributed by atoms with Gasteiger partial charge >= 0.3 is 0 Å². The summed E-state index contributed by atoms with van der Waals surface area (Å²) < 4.78 is 32.7. The number of sulfonamides is 1. The number of rotatable bonds is 7. The number of nitrogens with zero attached hydrogens (tertiary/aromatic N) is 1. The number of aryl methyl sites for hydroxylation is 1. The second kappa shape index (κ2) is 9.41. The molecule has 0 aliphatic carbocycles. The highest BCUT2D eigenvalue weighted by Gasteiger charge is 2.32. The standard InChI is InChI=1S/C22H28N2O4S/c1-3-28-21-12-10-20(11-13-21)23-22(25)18-9-6-14-24(15-18)29(26,27)16-19-8-5-4-7-17(19)2/h4-5,7-8,10-13,18H,3,6,9,14-16H2,1-2H3,(H,23,25)/t18-/m0/s1. The Hall–Kier alpha value is -2.38. The lowest BCUT2D eigenvalue weighted by Crippen LogP contribution is -2.44.